The monoisotopic (exact) mass is 357 g/mol. The zero-order chi connectivity index (χ0) is 18.5. The molecule has 0 bridgehead atoms. The van der Waals surface area contributed by atoms with E-state index < -0.39 is 0 Å². The largest absolute Gasteiger partial charge is 0.473 e. The third-order valence-electron chi connectivity index (χ3n) is 4.16. The van der Waals surface area contributed by atoms with E-state index >= 15 is 0 Å². The highest BCUT2D eigenvalue weighted by molar-refractivity contribution is 5.83. The van der Waals surface area contributed by atoms with Crippen molar-refractivity contribution in [3.63, 3.8) is 0 Å². The Bertz CT molecular complexity index is 1020. The molecule has 27 heavy (non-hydrogen) atoms. The van der Waals surface area contributed by atoms with Gasteiger partial charge in [0.05, 0.1) is 0 Å². The van der Waals surface area contributed by atoms with Gasteiger partial charge < -0.3 is 4.74 Å². The van der Waals surface area contributed by atoms with E-state index in [2.05, 4.69) is 15.0 Å². The predicted octanol–water partition coefficient (Wildman–Crippen LogP) is 4.92. The summed E-state index contributed by atoms with van der Waals surface area (Å²) in [4.78, 5) is 12.5. The van der Waals surface area contributed by atoms with Crippen LogP contribution < -0.4 is 4.74 Å². The molecule has 0 unspecified atom stereocenters. The van der Waals surface area contributed by atoms with E-state index in [1.54, 1.807) is 43.1 Å². The summed E-state index contributed by atoms with van der Waals surface area (Å²) < 4.78 is 19.2. The van der Waals surface area contributed by atoms with Crippen LogP contribution >= 0.6 is 0 Å². The second-order valence-corrected chi connectivity index (χ2v) is 5.96. The SMILES string of the molecule is Fc1ccc(-c2cc(OCc3ccncc3)ncc2-c2ccncc2)cc1. The Labute approximate surface area is 156 Å². The quantitative estimate of drug-likeness (QED) is 0.508. The van der Waals surface area contributed by atoms with E-state index in [4.69, 9.17) is 4.74 Å². The van der Waals surface area contributed by atoms with Crippen LogP contribution in [0.25, 0.3) is 22.3 Å². The standard InChI is InChI=1S/C22H16FN3O/c23-19-3-1-17(2-4-19)20-13-22(27-15-16-5-9-24-10-6-16)26-14-21(20)18-7-11-25-12-8-18/h1-14H,15H2. The van der Waals surface area contributed by atoms with Gasteiger partial charge in [0, 0.05) is 42.6 Å². The van der Waals surface area contributed by atoms with Crippen molar-refractivity contribution >= 4 is 0 Å². The fourth-order valence-electron chi connectivity index (χ4n) is 2.78. The molecule has 0 spiro atoms. The Morgan fingerprint density at radius 3 is 2.07 bits per heavy atom. The highest BCUT2D eigenvalue weighted by Crippen LogP contribution is 2.33. The van der Waals surface area contributed by atoms with Crippen molar-refractivity contribution < 1.29 is 9.13 Å². The molecule has 0 atom stereocenters. The molecule has 0 saturated heterocycles. The number of benzene rings is 1. The molecule has 0 amide bonds. The Balaban J connectivity index is 1.71. The third kappa shape index (κ3) is 3.98. The van der Waals surface area contributed by atoms with E-state index in [-0.39, 0.29) is 5.82 Å². The molecular weight excluding hydrogens is 341 g/mol. The third-order valence-corrected chi connectivity index (χ3v) is 4.16. The topological polar surface area (TPSA) is 47.9 Å². The molecule has 0 N–H and O–H groups in total. The highest BCUT2D eigenvalue weighted by Gasteiger charge is 2.11. The number of hydrogen-bond donors (Lipinski definition) is 0. The van der Waals surface area contributed by atoms with Gasteiger partial charge in [-0.1, -0.05) is 12.1 Å². The molecule has 4 aromatic rings. The van der Waals surface area contributed by atoms with Gasteiger partial charge in [0.2, 0.25) is 5.88 Å². The van der Waals surface area contributed by atoms with Gasteiger partial charge in [-0.05, 0) is 58.7 Å². The minimum absolute atomic E-state index is 0.271. The molecule has 4 rings (SSSR count). The number of hydrogen-bond acceptors (Lipinski definition) is 4. The van der Waals surface area contributed by atoms with Crippen LogP contribution in [-0.4, -0.2) is 15.0 Å². The molecule has 0 radical (unpaired) electrons. The maximum atomic E-state index is 13.4. The van der Waals surface area contributed by atoms with Gasteiger partial charge in [-0.2, -0.15) is 0 Å². The zero-order valence-corrected chi connectivity index (χ0v) is 14.4. The smallest absolute Gasteiger partial charge is 0.214 e. The first-order chi connectivity index (χ1) is 13.3. The van der Waals surface area contributed by atoms with Crippen LogP contribution in [0.1, 0.15) is 5.56 Å². The van der Waals surface area contributed by atoms with E-state index in [0.29, 0.717) is 12.5 Å². The number of nitrogens with zero attached hydrogens (tertiary/aromatic N) is 3. The summed E-state index contributed by atoms with van der Waals surface area (Å²) in [6.07, 6.45) is 8.69. The fourth-order valence-corrected chi connectivity index (χ4v) is 2.78. The van der Waals surface area contributed by atoms with Gasteiger partial charge in [-0.3, -0.25) is 9.97 Å². The van der Waals surface area contributed by atoms with Crippen LogP contribution in [0, 0.1) is 5.82 Å². The van der Waals surface area contributed by atoms with Crippen molar-refractivity contribution in [1.29, 1.82) is 0 Å². The van der Waals surface area contributed by atoms with Crippen molar-refractivity contribution in [3.8, 4) is 28.1 Å². The van der Waals surface area contributed by atoms with Crippen molar-refractivity contribution in [3.05, 3.63) is 97.0 Å². The fraction of sp³-hybridized carbons (Fsp3) is 0.0455. The molecule has 4 nitrogen and oxygen atoms in total. The summed E-state index contributed by atoms with van der Waals surface area (Å²) in [5.41, 5.74) is 4.73. The molecule has 132 valence electrons. The van der Waals surface area contributed by atoms with Crippen LogP contribution in [0.2, 0.25) is 0 Å². The number of pyridine rings is 3. The maximum Gasteiger partial charge on any atom is 0.214 e. The molecule has 0 aliphatic rings. The second kappa shape index (κ2) is 7.74. The van der Waals surface area contributed by atoms with Crippen LogP contribution in [-0.2, 0) is 6.61 Å². The lowest BCUT2D eigenvalue weighted by molar-refractivity contribution is 0.294. The molecular formula is C22H16FN3O. The Morgan fingerprint density at radius 1 is 0.741 bits per heavy atom. The van der Waals surface area contributed by atoms with E-state index in [1.807, 2.05) is 30.3 Å². The summed E-state index contributed by atoms with van der Waals surface area (Å²) in [6.45, 7) is 0.396. The number of rotatable bonds is 5. The first-order valence-electron chi connectivity index (χ1n) is 8.48. The lowest BCUT2D eigenvalue weighted by Crippen LogP contribution is -1.98. The summed E-state index contributed by atoms with van der Waals surface area (Å²) in [6, 6.07) is 15.9. The molecule has 0 aliphatic carbocycles. The molecule has 0 aliphatic heterocycles. The summed E-state index contributed by atoms with van der Waals surface area (Å²) in [7, 11) is 0. The lowest BCUT2D eigenvalue weighted by atomic mass is 9.97. The summed E-state index contributed by atoms with van der Waals surface area (Å²) in [5, 5.41) is 0. The van der Waals surface area contributed by atoms with Gasteiger partial charge in [-0.25, -0.2) is 9.37 Å². The Hall–Kier alpha value is -3.60. The summed E-state index contributed by atoms with van der Waals surface area (Å²) in [5.74, 6) is 0.233. The molecule has 3 heterocycles. The first-order valence-corrected chi connectivity index (χ1v) is 8.48. The average molecular weight is 357 g/mol. The van der Waals surface area contributed by atoms with Gasteiger partial charge >= 0.3 is 0 Å². The van der Waals surface area contributed by atoms with E-state index in [9.17, 15) is 4.39 Å². The van der Waals surface area contributed by atoms with Crippen LogP contribution in [0.3, 0.4) is 0 Å². The van der Waals surface area contributed by atoms with Crippen molar-refractivity contribution in [1.82, 2.24) is 15.0 Å². The van der Waals surface area contributed by atoms with Gasteiger partial charge in [0.25, 0.3) is 0 Å². The minimum Gasteiger partial charge on any atom is -0.473 e. The minimum atomic E-state index is -0.271. The van der Waals surface area contributed by atoms with Gasteiger partial charge in [0.15, 0.2) is 0 Å². The molecule has 1 aromatic carbocycles. The molecule has 0 fully saturated rings. The normalized spacial score (nSPS) is 10.6. The first kappa shape index (κ1) is 16.8. The number of halogens is 1. The van der Waals surface area contributed by atoms with Crippen LogP contribution in [0.5, 0.6) is 5.88 Å². The molecule has 3 aromatic heterocycles. The van der Waals surface area contributed by atoms with Crippen LogP contribution in [0.15, 0.2) is 85.6 Å². The highest BCUT2D eigenvalue weighted by atomic mass is 19.1. The Kier molecular flexibility index (Phi) is 4.83. The molecule has 0 saturated carbocycles. The summed E-state index contributed by atoms with van der Waals surface area (Å²) >= 11 is 0. The second-order valence-electron chi connectivity index (χ2n) is 5.96. The van der Waals surface area contributed by atoms with Crippen molar-refractivity contribution in [2.45, 2.75) is 6.61 Å². The zero-order valence-electron chi connectivity index (χ0n) is 14.4. The number of aromatic nitrogens is 3. The maximum absolute atomic E-state index is 13.4. The Morgan fingerprint density at radius 2 is 1.37 bits per heavy atom. The average Bonchev–Trinajstić information content (AvgIpc) is 2.74. The van der Waals surface area contributed by atoms with Crippen molar-refractivity contribution in [2.24, 2.45) is 0 Å². The van der Waals surface area contributed by atoms with Gasteiger partial charge in [-0.15, -0.1) is 0 Å². The van der Waals surface area contributed by atoms with Crippen molar-refractivity contribution in [2.75, 3.05) is 0 Å². The molecule has 5 heteroatoms. The van der Waals surface area contributed by atoms with E-state index in [1.165, 1.54) is 12.1 Å². The lowest BCUT2D eigenvalue weighted by Gasteiger charge is -2.13. The predicted molar refractivity (Wildman–Crippen MR) is 101 cm³/mol. The van der Waals surface area contributed by atoms with Gasteiger partial charge in [0.1, 0.15) is 12.4 Å². The van der Waals surface area contributed by atoms with Crippen LogP contribution in [0.4, 0.5) is 4.39 Å². The number of ether oxygens (including phenoxy) is 1. The van der Waals surface area contributed by atoms with E-state index in [0.717, 1.165) is 27.8 Å².